The van der Waals surface area contributed by atoms with E-state index in [9.17, 15) is 4.21 Å². The molecule has 0 spiro atoms. The zero-order valence-corrected chi connectivity index (χ0v) is 15.2. The molecular formula is C21H17NO4S. The minimum atomic E-state index is -1.16. The standard InChI is InChI=1S/C21H17NO4S/c23-27(15-17-13-21(26-22-17)20-11-6-12-24-20)14-16-7-4-5-10-19(16)25-18-8-2-1-3-9-18/h1-13H,14-15H2. The number of rotatable bonds is 7. The highest BCUT2D eigenvalue weighted by atomic mass is 32.2. The van der Waals surface area contributed by atoms with Crippen molar-refractivity contribution < 1.29 is 17.9 Å². The van der Waals surface area contributed by atoms with E-state index in [2.05, 4.69) is 5.16 Å². The lowest BCUT2D eigenvalue weighted by Crippen LogP contribution is -2.01. The SMILES string of the molecule is O=S(Cc1cc(-c2ccco2)on1)Cc1ccccc1Oc1ccccc1. The number of ether oxygens (including phenoxy) is 1. The third-order valence-corrected chi connectivity index (χ3v) is 5.14. The van der Waals surface area contributed by atoms with Gasteiger partial charge in [-0.05, 0) is 30.3 Å². The molecule has 0 aliphatic carbocycles. The van der Waals surface area contributed by atoms with Crippen molar-refractivity contribution in [2.24, 2.45) is 0 Å². The van der Waals surface area contributed by atoms with Gasteiger partial charge in [-0.1, -0.05) is 41.6 Å². The van der Waals surface area contributed by atoms with Crippen molar-refractivity contribution in [3.8, 4) is 23.0 Å². The molecule has 0 radical (unpaired) electrons. The molecule has 136 valence electrons. The predicted octanol–water partition coefficient (Wildman–Crippen LogP) is 5.18. The van der Waals surface area contributed by atoms with Crippen LogP contribution in [0.1, 0.15) is 11.3 Å². The smallest absolute Gasteiger partial charge is 0.202 e. The van der Waals surface area contributed by atoms with Gasteiger partial charge in [0.2, 0.25) is 5.76 Å². The number of aromatic nitrogens is 1. The molecule has 0 saturated carbocycles. The molecule has 0 bridgehead atoms. The average molecular weight is 379 g/mol. The van der Waals surface area contributed by atoms with E-state index >= 15 is 0 Å². The Hall–Kier alpha value is -3.12. The lowest BCUT2D eigenvalue weighted by molar-refractivity contribution is 0.413. The van der Waals surface area contributed by atoms with E-state index < -0.39 is 10.8 Å². The van der Waals surface area contributed by atoms with E-state index in [-0.39, 0.29) is 0 Å². The molecule has 27 heavy (non-hydrogen) atoms. The highest BCUT2D eigenvalue weighted by Gasteiger charge is 2.14. The van der Waals surface area contributed by atoms with E-state index in [1.54, 1.807) is 24.5 Å². The normalized spacial score (nSPS) is 12.0. The van der Waals surface area contributed by atoms with Crippen molar-refractivity contribution >= 4 is 10.8 Å². The Labute approximate surface area is 159 Å². The van der Waals surface area contributed by atoms with E-state index in [0.717, 1.165) is 11.3 Å². The van der Waals surface area contributed by atoms with Crippen LogP contribution in [0.2, 0.25) is 0 Å². The topological polar surface area (TPSA) is 65.5 Å². The van der Waals surface area contributed by atoms with E-state index in [1.165, 1.54) is 0 Å². The van der Waals surface area contributed by atoms with E-state index in [4.69, 9.17) is 13.7 Å². The second kappa shape index (κ2) is 8.05. The van der Waals surface area contributed by atoms with Crippen LogP contribution in [-0.4, -0.2) is 9.37 Å². The molecule has 1 atom stereocenters. The van der Waals surface area contributed by atoms with Crippen LogP contribution in [0, 0.1) is 0 Å². The van der Waals surface area contributed by atoms with Gasteiger partial charge < -0.3 is 13.7 Å². The van der Waals surface area contributed by atoms with Crippen LogP contribution >= 0.6 is 0 Å². The number of nitrogens with zero attached hydrogens (tertiary/aromatic N) is 1. The summed E-state index contributed by atoms with van der Waals surface area (Å²) in [6.07, 6.45) is 1.57. The summed E-state index contributed by atoms with van der Waals surface area (Å²) in [6, 6.07) is 22.5. The van der Waals surface area contributed by atoms with Crippen molar-refractivity contribution in [3.05, 3.63) is 90.3 Å². The molecule has 0 aliphatic rings. The van der Waals surface area contributed by atoms with Crippen LogP contribution in [0.3, 0.4) is 0 Å². The molecule has 0 amide bonds. The van der Waals surface area contributed by atoms with Crippen molar-refractivity contribution in [2.45, 2.75) is 11.5 Å². The Bertz CT molecular complexity index is 1030. The zero-order chi connectivity index (χ0) is 18.5. The summed E-state index contributed by atoms with van der Waals surface area (Å²) in [7, 11) is -1.16. The maximum atomic E-state index is 12.6. The maximum Gasteiger partial charge on any atom is 0.202 e. The van der Waals surface area contributed by atoms with Gasteiger partial charge in [-0.3, -0.25) is 4.21 Å². The quantitative estimate of drug-likeness (QED) is 0.443. The Balaban J connectivity index is 1.44. The molecule has 2 aromatic carbocycles. The van der Waals surface area contributed by atoms with Crippen LogP contribution in [-0.2, 0) is 22.3 Å². The molecule has 4 rings (SSSR count). The summed E-state index contributed by atoms with van der Waals surface area (Å²) < 4.78 is 29.1. The number of furan rings is 1. The number of hydrogen-bond acceptors (Lipinski definition) is 5. The molecule has 4 aromatic rings. The Morgan fingerprint density at radius 1 is 0.889 bits per heavy atom. The number of benzene rings is 2. The van der Waals surface area contributed by atoms with E-state index in [0.29, 0.717) is 34.5 Å². The van der Waals surface area contributed by atoms with Crippen LogP contribution in [0.5, 0.6) is 11.5 Å². The molecule has 2 heterocycles. The number of hydrogen-bond donors (Lipinski definition) is 0. The van der Waals surface area contributed by atoms with Gasteiger partial charge in [0.25, 0.3) is 0 Å². The first-order chi connectivity index (χ1) is 13.3. The molecule has 1 unspecified atom stereocenters. The molecule has 0 N–H and O–H groups in total. The minimum absolute atomic E-state index is 0.296. The fourth-order valence-corrected chi connectivity index (χ4v) is 3.80. The van der Waals surface area contributed by atoms with Gasteiger partial charge in [-0.2, -0.15) is 0 Å². The summed E-state index contributed by atoms with van der Waals surface area (Å²) in [6.45, 7) is 0. The van der Waals surface area contributed by atoms with Crippen LogP contribution in [0.4, 0.5) is 0 Å². The van der Waals surface area contributed by atoms with Crippen molar-refractivity contribution in [1.29, 1.82) is 0 Å². The molecule has 2 aromatic heterocycles. The Kier molecular flexibility index (Phi) is 5.16. The first-order valence-electron chi connectivity index (χ1n) is 8.43. The molecule has 6 heteroatoms. The highest BCUT2D eigenvalue weighted by molar-refractivity contribution is 7.83. The summed E-state index contributed by atoms with van der Waals surface area (Å²) in [5.74, 6) is 3.24. The Morgan fingerprint density at radius 3 is 2.52 bits per heavy atom. The fraction of sp³-hybridized carbons (Fsp3) is 0.0952. The largest absolute Gasteiger partial charge is 0.461 e. The Morgan fingerprint density at radius 2 is 1.70 bits per heavy atom. The first kappa shape index (κ1) is 17.3. The second-order valence-electron chi connectivity index (χ2n) is 5.91. The average Bonchev–Trinajstić information content (AvgIpc) is 3.36. The molecular weight excluding hydrogens is 362 g/mol. The van der Waals surface area contributed by atoms with Crippen LogP contribution in [0.25, 0.3) is 11.5 Å². The van der Waals surface area contributed by atoms with Gasteiger partial charge in [-0.25, -0.2) is 0 Å². The van der Waals surface area contributed by atoms with Gasteiger partial charge >= 0.3 is 0 Å². The highest BCUT2D eigenvalue weighted by Crippen LogP contribution is 2.27. The second-order valence-corrected chi connectivity index (χ2v) is 7.37. The van der Waals surface area contributed by atoms with Crippen LogP contribution in [0.15, 0.2) is 88.0 Å². The lowest BCUT2D eigenvalue weighted by atomic mass is 10.2. The maximum absolute atomic E-state index is 12.6. The van der Waals surface area contributed by atoms with Gasteiger partial charge in [0, 0.05) is 22.4 Å². The first-order valence-corrected chi connectivity index (χ1v) is 9.92. The van der Waals surface area contributed by atoms with Crippen molar-refractivity contribution in [2.75, 3.05) is 0 Å². The summed E-state index contributed by atoms with van der Waals surface area (Å²) in [5.41, 5.74) is 1.51. The molecule has 0 aliphatic heterocycles. The third kappa shape index (κ3) is 4.35. The molecule has 0 fully saturated rings. The molecule has 5 nitrogen and oxygen atoms in total. The van der Waals surface area contributed by atoms with Gasteiger partial charge in [0.05, 0.1) is 23.5 Å². The predicted molar refractivity (Wildman–Crippen MR) is 103 cm³/mol. The number of para-hydroxylation sites is 2. The van der Waals surface area contributed by atoms with Crippen molar-refractivity contribution in [3.63, 3.8) is 0 Å². The fourth-order valence-electron chi connectivity index (χ4n) is 2.64. The van der Waals surface area contributed by atoms with Crippen molar-refractivity contribution in [1.82, 2.24) is 5.16 Å². The zero-order valence-electron chi connectivity index (χ0n) is 14.4. The monoisotopic (exact) mass is 379 g/mol. The van der Waals surface area contributed by atoms with Crippen LogP contribution < -0.4 is 4.74 Å². The van der Waals surface area contributed by atoms with E-state index in [1.807, 2.05) is 54.6 Å². The third-order valence-electron chi connectivity index (χ3n) is 3.89. The van der Waals surface area contributed by atoms with Gasteiger partial charge in [-0.15, -0.1) is 0 Å². The summed E-state index contributed by atoms with van der Waals surface area (Å²) in [5, 5.41) is 3.98. The summed E-state index contributed by atoms with van der Waals surface area (Å²) in [4.78, 5) is 0. The van der Waals surface area contributed by atoms with Gasteiger partial charge in [0.1, 0.15) is 11.5 Å². The summed E-state index contributed by atoms with van der Waals surface area (Å²) >= 11 is 0. The van der Waals surface area contributed by atoms with Gasteiger partial charge in [0.15, 0.2) is 5.76 Å². The molecule has 0 saturated heterocycles. The lowest BCUT2D eigenvalue weighted by Gasteiger charge is -2.10. The minimum Gasteiger partial charge on any atom is -0.461 e.